The minimum Gasteiger partial charge on any atom is -0.478 e. The van der Waals surface area contributed by atoms with Gasteiger partial charge in [-0.15, -0.1) is 0 Å². The van der Waals surface area contributed by atoms with E-state index < -0.39 is 5.97 Å². The van der Waals surface area contributed by atoms with Crippen LogP contribution in [-0.2, 0) is 0 Å². The molecule has 0 aromatic carbocycles. The van der Waals surface area contributed by atoms with Crippen LogP contribution in [0.5, 0.6) is 0 Å². The number of carbonyl (C=O) groups is 1. The van der Waals surface area contributed by atoms with Crippen LogP contribution in [0, 0.1) is 6.92 Å². The highest BCUT2D eigenvalue weighted by Crippen LogP contribution is 2.19. The van der Waals surface area contributed by atoms with Gasteiger partial charge in [0.1, 0.15) is 11.4 Å². The molecule has 2 N–H and O–H groups in total. The second-order valence-electron chi connectivity index (χ2n) is 3.47. The van der Waals surface area contributed by atoms with Gasteiger partial charge in [0.2, 0.25) is 0 Å². The summed E-state index contributed by atoms with van der Waals surface area (Å²) in [5.41, 5.74) is 1.67. The molecule has 0 aliphatic carbocycles. The largest absolute Gasteiger partial charge is 0.478 e. The van der Waals surface area contributed by atoms with Gasteiger partial charge in [0.25, 0.3) is 0 Å². The van der Waals surface area contributed by atoms with E-state index in [1.54, 1.807) is 24.5 Å². The Morgan fingerprint density at radius 1 is 1.24 bits per heavy atom. The Morgan fingerprint density at radius 2 is 1.94 bits per heavy atom. The normalized spacial score (nSPS) is 9.94. The first-order valence-electron chi connectivity index (χ1n) is 5.05. The molecule has 2 aromatic rings. The topological polar surface area (TPSA) is 75.1 Å². The standard InChI is InChI=1S/C12H11N3O2/c1-8-10(5-3-6-13-8)15-11-9(12(16)17)4-2-7-14-11/h2-7H,1H3,(H,14,15)(H,16,17). The second kappa shape index (κ2) is 4.61. The maximum Gasteiger partial charge on any atom is 0.339 e. The molecule has 0 aliphatic rings. The summed E-state index contributed by atoms with van der Waals surface area (Å²) in [6, 6.07) is 6.69. The van der Waals surface area contributed by atoms with Crippen LogP contribution in [0.2, 0.25) is 0 Å². The van der Waals surface area contributed by atoms with E-state index in [1.807, 2.05) is 13.0 Å². The first-order valence-corrected chi connectivity index (χ1v) is 5.05. The average Bonchev–Trinajstić information content (AvgIpc) is 2.32. The predicted octanol–water partition coefficient (Wildman–Crippen LogP) is 2.23. The van der Waals surface area contributed by atoms with Gasteiger partial charge in [-0.3, -0.25) is 4.98 Å². The molecule has 5 nitrogen and oxygen atoms in total. The van der Waals surface area contributed by atoms with Crippen molar-refractivity contribution in [3.63, 3.8) is 0 Å². The fraction of sp³-hybridized carbons (Fsp3) is 0.0833. The highest BCUT2D eigenvalue weighted by Gasteiger charge is 2.11. The number of pyridine rings is 2. The first-order chi connectivity index (χ1) is 8.18. The molecule has 0 unspecified atom stereocenters. The van der Waals surface area contributed by atoms with Crippen LogP contribution in [0.1, 0.15) is 16.1 Å². The Kier molecular flexibility index (Phi) is 3.00. The zero-order valence-corrected chi connectivity index (χ0v) is 9.21. The molecule has 0 saturated heterocycles. The second-order valence-corrected chi connectivity index (χ2v) is 3.47. The summed E-state index contributed by atoms with van der Waals surface area (Å²) in [5.74, 6) is -0.696. The highest BCUT2D eigenvalue weighted by atomic mass is 16.4. The van der Waals surface area contributed by atoms with Crippen molar-refractivity contribution in [1.82, 2.24) is 9.97 Å². The van der Waals surface area contributed by atoms with Crippen LogP contribution >= 0.6 is 0 Å². The molecule has 0 amide bonds. The average molecular weight is 229 g/mol. The maximum atomic E-state index is 11.0. The van der Waals surface area contributed by atoms with Crippen molar-refractivity contribution in [3.05, 3.63) is 47.9 Å². The Morgan fingerprint density at radius 3 is 2.65 bits per heavy atom. The van der Waals surface area contributed by atoms with Crippen LogP contribution in [0.3, 0.4) is 0 Å². The number of hydrogen-bond acceptors (Lipinski definition) is 4. The molecule has 0 fully saturated rings. The van der Waals surface area contributed by atoms with E-state index in [1.165, 1.54) is 6.07 Å². The van der Waals surface area contributed by atoms with E-state index in [-0.39, 0.29) is 5.56 Å². The van der Waals surface area contributed by atoms with Crippen molar-refractivity contribution in [2.75, 3.05) is 5.32 Å². The number of hydrogen-bond donors (Lipinski definition) is 2. The van der Waals surface area contributed by atoms with Crippen LogP contribution < -0.4 is 5.32 Å². The predicted molar refractivity (Wildman–Crippen MR) is 63.5 cm³/mol. The van der Waals surface area contributed by atoms with Crippen LogP contribution in [0.25, 0.3) is 0 Å². The third kappa shape index (κ3) is 2.39. The molecule has 2 heterocycles. The quantitative estimate of drug-likeness (QED) is 0.844. The lowest BCUT2D eigenvalue weighted by atomic mass is 10.2. The summed E-state index contributed by atoms with van der Waals surface area (Å²) >= 11 is 0. The van der Waals surface area contributed by atoms with E-state index in [0.29, 0.717) is 5.82 Å². The van der Waals surface area contributed by atoms with Crippen LogP contribution in [0.15, 0.2) is 36.7 Å². The number of aromatic carboxylic acids is 1. The summed E-state index contributed by atoms with van der Waals surface area (Å²) in [6.45, 7) is 1.84. The minimum atomic E-state index is -1.01. The number of anilines is 2. The van der Waals surface area contributed by atoms with E-state index in [4.69, 9.17) is 5.11 Å². The molecule has 0 saturated carbocycles. The fourth-order valence-corrected chi connectivity index (χ4v) is 1.42. The maximum absolute atomic E-state index is 11.0. The van der Waals surface area contributed by atoms with Crippen molar-refractivity contribution in [1.29, 1.82) is 0 Å². The lowest BCUT2D eigenvalue weighted by molar-refractivity contribution is 0.0697. The summed E-state index contributed by atoms with van der Waals surface area (Å²) in [4.78, 5) is 19.1. The monoisotopic (exact) mass is 229 g/mol. The minimum absolute atomic E-state index is 0.135. The SMILES string of the molecule is Cc1ncccc1Nc1ncccc1C(=O)O. The number of aromatic nitrogens is 2. The van der Waals surface area contributed by atoms with Gasteiger partial charge in [-0.25, -0.2) is 9.78 Å². The zero-order chi connectivity index (χ0) is 12.3. The van der Waals surface area contributed by atoms with Gasteiger partial charge in [0.15, 0.2) is 0 Å². The summed E-state index contributed by atoms with van der Waals surface area (Å²) in [5, 5.41) is 12.0. The Balaban J connectivity index is 2.37. The van der Waals surface area contributed by atoms with Gasteiger partial charge < -0.3 is 10.4 Å². The molecule has 0 atom stereocenters. The van der Waals surface area contributed by atoms with E-state index in [2.05, 4.69) is 15.3 Å². The lowest BCUT2D eigenvalue weighted by Gasteiger charge is -2.09. The number of nitrogens with one attached hydrogen (secondary N) is 1. The van der Waals surface area contributed by atoms with Crippen LogP contribution in [-0.4, -0.2) is 21.0 Å². The molecule has 0 spiro atoms. The Hall–Kier alpha value is -2.43. The molecular weight excluding hydrogens is 218 g/mol. The van der Waals surface area contributed by atoms with Crippen molar-refractivity contribution in [3.8, 4) is 0 Å². The molecule has 2 aromatic heterocycles. The van der Waals surface area contributed by atoms with Gasteiger partial charge in [-0.1, -0.05) is 0 Å². The summed E-state index contributed by atoms with van der Waals surface area (Å²) < 4.78 is 0. The van der Waals surface area contributed by atoms with Crippen molar-refractivity contribution >= 4 is 17.5 Å². The molecule has 5 heteroatoms. The molecule has 0 aliphatic heterocycles. The Bertz CT molecular complexity index is 555. The molecule has 0 radical (unpaired) electrons. The lowest BCUT2D eigenvalue weighted by Crippen LogP contribution is -2.05. The molecule has 2 rings (SSSR count). The van der Waals surface area contributed by atoms with Crippen LogP contribution in [0.4, 0.5) is 11.5 Å². The van der Waals surface area contributed by atoms with Crippen molar-refractivity contribution < 1.29 is 9.90 Å². The fourth-order valence-electron chi connectivity index (χ4n) is 1.42. The third-order valence-corrected chi connectivity index (χ3v) is 2.30. The van der Waals surface area contributed by atoms with Gasteiger partial charge in [0, 0.05) is 12.4 Å². The molecule has 86 valence electrons. The number of aryl methyl sites for hydroxylation is 1. The zero-order valence-electron chi connectivity index (χ0n) is 9.21. The number of nitrogens with zero attached hydrogens (tertiary/aromatic N) is 2. The van der Waals surface area contributed by atoms with Gasteiger partial charge in [-0.05, 0) is 31.2 Å². The number of carboxylic acid groups (broad SMARTS) is 1. The van der Waals surface area contributed by atoms with Gasteiger partial charge in [-0.2, -0.15) is 0 Å². The van der Waals surface area contributed by atoms with E-state index in [0.717, 1.165) is 11.4 Å². The number of rotatable bonds is 3. The third-order valence-electron chi connectivity index (χ3n) is 2.30. The van der Waals surface area contributed by atoms with E-state index in [9.17, 15) is 4.79 Å². The van der Waals surface area contributed by atoms with Gasteiger partial charge >= 0.3 is 5.97 Å². The Labute approximate surface area is 98.2 Å². The molecule has 0 bridgehead atoms. The molecular formula is C12H11N3O2. The highest BCUT2D eigenvalue weighted by molar-refractivity contribution is 5.93. The van der Waals surface area contributed by atoms with Crippen molar-refractivity contribution in [2.24, 2.45) is 0 Å². The first kappa shape index (κ1) is 11.1. The molecule has 17 heavy (non-hydrogen) atoms. The van der Waals surface area contributed by atoms with Gasteiger partial charge in [0.05, 0.1) is 11.4 Å². The summed E-state index contributed by atoms with van der Waals surface area (Å²) in [7, 11) is 0. The smallest absolute Gasteiger partial charge is 0.339 e. The number of carboxylic acids is 1. The summed E-state index contributed by atoms with van der Waals surface area (Å²) in [6.07, 6.45) is 3.22. The van der Waals surface area contributed by atoms with E-state index >= 15 is 0 Å². The van der Waals surface area contributed by atoms with Crippen molar-refractivity contribution in [2.45, 2.75) is 6.92 Å².